The van der Waals surface area contributed by atoms with Gasteiger partial charge in [0.1, 0.15) is 16.7 Å². The summed E-state index contributed by atoms with van der Waals surface area (Å²) in [6.45, 7) is -0.353. The molecular weight excluding hydrogens is 453 g/mol. The van der Waals surface area contributed by atoms with Gasteiger partial charge in [-0.1, -0.05) is 55.7 Å². The van der Waals surface area contributed by atoms with Gasteiger partial charge in [-0.2, -0.15) is 0 Å². The first-order valence-corrected chi connectivity index (χ1v) is 13.0. The number of hydrogen-bond donors (Lipinski definition) is 0. The van der Waals surface area contributed by atoms with Crippen LogP contribution in [0.2, 0.25) is 0 Å². The van der Waals surface area contributed by atoms with Gasteiger partial charge in [0, 0.05) is 17.7 Å². The van der Waals surface area contributed by atoms with Crippen molar-refractivity contribution in [3.8, 4) is 0 Å². The lowest BCUT2D eigenvalue weighted by atomic mass is 9.84. The van der Waals surface area contributed by atoms with E-state index in [1.54, 1.807) is 17.0 Å². The Morgan fingerprint density at radius 2 is 1.74 bits per heavy atom. The van der Waals surface area contributed by atoms with Crippen molar-refractivity contribution in [3.63, 3.8) is 0 Å². The van der Waals surface area contributed by atoms with Gasteiger partial charge in [0.05, 0.1) is 0 Å². The molecule has 2 saturated heterocycles. The van der Waals surface area contributed by atoms with Crippen LogP contribution in [-0.4, -0.2) is 41.0 Å². The van der Waals surface area contributed by atoms with E-state index in [1.165, 1.54) is 61.6 Å². The molecule has 3 aliphatic rings. The van der Waals surface area contributed by atoms with E-state index < -0.39 is 16.9 Å². The van der Waals surface area contributed by atoms with E-state index in [0.29, 0.717) is 30.1 Å². The molecule has 0 unspecified atom stereocenters. The van der Waals surface area contributed by atoms with Gasteiger partial charge in [0.2, 0.25) is 5.91 Å². The predicted molar refractivity (Wildman–Crippen MR) is 128 cm³/mol. The number of amides is 1. The lowest BCUT2D eigenvalue weighted by molar-refractivity contribution is -0.152. The Labute approximate surface area is 203 Å². The highest BCUT2D eigenvalue weighted by atomic mass is 32.2. The molecule has 0 bridgehead atoms. The number of ketones is 1. The maximum absolute atomic E-state index is 13.4. The van der Waals surface area contributed by atoms with Crippen molar-refractivity contribution >= 4 is 29.4 Å². The minimum Gasteiger partial charge on any atom is -0.456 e. The maximum atomic E-state index is 13.4. The number of thioether (sulfide) groups is 1. The van der Waals surface area contributed by atoms with Crippen molar-refractivity contribution in [3.05, 3.63) is 71.0 Å². The summed E-state index contributed by atoms with van der Waals surface area (Å²) in [7, 11) is 0. The molecule has 0 spiro atoms. The van der Waals surface area contributed by atoms with Crippen LogP contribution in [0.3, 0.4) is 0 Å². The van der Waals surface area contributed by atoms with Crippen molar-refractivity contribution in [2.45, 2.75) is 61.8 Å². The molecule has 2 atom stereocenters. The molecule has 2 heterocycles. The third kappa shape index (κ3) is 4.26. The van der Waals surface area contributed by atoms with Crippen molar-refractivity contribution in [2.75, 3.05) is 12.4 Å². The van der Waals surface area contributed by atoms with Crippen LogP contribution in [0.25, 0.3) is 0 Å². The van der Waals surface area contributed by atoms with Crippen molar-refractivity contribution in [1.82, 2.24) is 4.90 Å². The number of fused-ring (bicyclic) bond motifs is 1. The first kappa shape index (κ1) is 23.1. The molecule has 2 aromatic carbocycles. The van der Waals surface area contributed by atoms with Crippen LogP contribution < -0.4 is 0 Å². The van der Waals surface area contributed by atoms with Gasteiger partial charge in [-0.05, 0) is 48.4 Å². The van der Waals surface area contributed by atoms with E-state index in [-0.39, 0.29) is 24.1 Å². The zero-order chi connectivity index (χ0) is 23.7. The molecule has 1 amide bonds. The number of rotatable bonds is 6. The molecule has 7 heteroatoms. The zero-order valence-corrected chi connectivity index (χ0v) is 19.8. The number of nitrogens with zero attached hydrogens (tertiary/aromatic N) is 1. The molecule has 0 aromatic heterocycles. The largest absolute Gasteiger partial charge is 0.456 e. The Morgan fingerprint density at radius 1 is 1.03 bits per heavy atom. The topological polar surface area (TPSA) is 63.7 Å². The van der Waals surface area contributed by atoms with E-state index in [4.69, 9.17) is 4.74 Å². The zero-order valence-electron chi connectivity index (χ0n) is 19.0. The average molecular weight is 482 g/mol. The minimum absolute atomic E-state index is 0.124. The Balaban J connectivity index is 1.23. The van der Waals surface area contributed by atoms with Gasteiger partial charge in [0.25, 0.3) is 0 Å². The molecule has 2 aromatic rings. The van der Waals surface area contributed by atoms with Gasteiger partial charge in [-0.25, -0.2) is 9.18 Å². The first-order chi connectivity index (χ1) is 16.5. The number of ether oxygens (including phenoxy) is 1. The number of benzene rings is 2. The fourth-order valence-corrected chi connectivity index (χ4v) is 7.16. The number of Topliss-reactive ketones (excluding diaryl/α,β-unsaturated/α-hetero) is 1. The number of halogens is 1. The highest BCUT2D eigenvalue weighted by Gasteiger charge is 2.57. The van der Waals surface area contributed by atoms with Crippen LogP contribution in [0.4, 0.5) is 4.39 Å². The van der Waals surface area contributed by atoms with Crippen LogP contribution in [0, 0.1) is 5.82 Å². The van der Waals surface area contributed by atoms with Crippen LogP contribution in [0.5, 0.6) is 0 Å². The quantitative estimate of drug-likeness (QED) is 0.420. The number of carbonyl (C=O) groups is 3. The molecule has 1 saturated carbocycles. The number of carbonyl (C=O) groups excluding carboxylic acids is 3. The number of esters is 1. The third-order valence-corrected chi connectivity index (χ3v) is 8.95. The molecule has 1 aliphatic carbocycles. The summed E-state index contributed by atoms with van der Waals surface area (Å²) in [5, 5.41) is 0. The van der Waals surface area contributed by atoms with E-state index in [2.05, 4.69) is 0 Å². The predicted octanol–water partition coefficient (Wildman–Crippen LogP) is 5.19. The smallest absolute Gasteiger partial charge is 0.330 e. The van der Waals surface area contributed by atoms with Crippen LogP contribution in [0.15, 0.2) is 48.5 Å². The highest BCUT2D eigenvalue weighted by molar-refractivity contribution is 8.00. The summed E-state index contributed by atoms with van der Waals surface area (Å²) >= 11 is 1.50. The van der Waals surface area contributed by atoms with E-state index in [9.17, 15) is 18.8 Å². The second kappa shape index (κ2) is 9.53. The van der Waals surface area contributed by atoms with Gasteiger partial charge in [-0.3, -0.25) is 9.59 Å². The summed E-state index contributed by atoms with van der Waals surface area (Å²) in [6, 6.07) is 13.0. The molecule has 0 radical (unpaired) electrons. The van der Waals surface area contributed by atoms with Gasteiger partial charge in [-0.15, -0.1) is 11.8 Å². The Kier molecular flexibility index (Phi) is 6.47. The molecule has 34 heavy (non-hydrogen) atoms. The highest BCUT2D eigenvalue weighted by Crippen LogP contribution is 2.54. The fourth-order valence-electron chi connectivity index (χ4n) is 5.52. The maximum Gasteiger partial charge on any atom is 0.330 e. The Bertz CT molecular complexity index is 1080. The third-order valence-electron chi connectivity index (χ3n) is 7.35. The van der Waals surface area contributed by atoms with E-state index >= 15 is 0 Å². The molecule has 2 aliphatic heterocycles. The summed E-state index contributed by atoms with van der Waals surface area (Å²) in [4.78, 5) is 39.2. The van der Waals surface area contributed by atoms with E-state index in [1.807, 2.05) is 24.3 Å². The van der Waals surface area contributed by atoms with E-state index in [0.717, 1.165) is 5.56 Å². The standard InChI is InChI=1S/C27H28FNO4S/c28-22-12-10-21(11-13-22)27-15-14-25(31)29(27)23(17-34-27)26(32)33-16-24(30)20-8-6-19(7-9-20)18-4-2-1-3-5-18/h6-13,18,23H,1-5,14-17H2/t23-,27+/m1/s1. The van der Waals surface area contributed by atoms with Gasteiger partial charge in [0.15, 0.2) is 12.4 Å². The van der Waals surface area contributed by atoms with Gasteiger partial charge < -0.3 is 9.64 Å². The SMILES string of the molecule is O=C(COC(=O)[C@H]1CS[C@]2(c3ccc(F)cc3)CCC(=O)N12)c1ccc(C2CCCCC2)cc1. The minimum atomic E-state index is -0.758. The summed E-state index contributed by atoms with van der Waals surface area (Å²) in [6.07, 6.45) is 7.06. The number of hydrogen-bond acceptors (Lipinski definition) is 5. The molecule has 5 nitrogen and oxygen atoms in total. The summed E-state index contributed by atoms with van der Waals surface area (Å²) < 4.78 is 18.8. The van der Waals surface area contributed by atoms with Crippen LogP contribution in [-0.2, 0) is 19.2 Å². The van der Waals surface area contributed by atoms with Crippen LogP contribution >= 0.6 is 11.8 Å². The summed E-state index contributed by atoms with van der Waals surface area (Å²) in [5.41, 5.74) is 2.58. The average Bonchev–Trinajstić information content (AvgIpc) is 3.42. The lowest BCUT2D eigenvalue weighted by Gasteiger charge is -2.33. The molecule has 3 fully saturated rings. The fraction of sp³-hybridized carbons (Fsp3) is 0.444. The van der Waals surface area contributed by atoms with Crippen molar-refractivity contribution < 1.29 is 23.5 Å². The molecule has 5 rings (SSSR count). The van der Waals surface area contributed by atoms with Crippen molar-refractivity contribution in [1.29, 1.82) is 0 Å². The molecular formula is C27H28FNO4S. The summed E-state index contributed by atoms with van der Waals surface area (Å²) in [5.74, 6) is -0.353. The Morgan fingerprint density at radius 3 is 2.44 bits per heavy atom. The first-order valence-electron chi connectivity index (χ1n) is 12.0. The van der Waals surface area contributed by atoms with Crippen molar-refractivity contribution in [2.24, 2.45) is 0 Å². The monoisotopic (exact) mass is 481 g/mol. The van der Waals surface area contributed by atoms with Crippen LogP contribution in [0.1, 0.15) is 72.3 Å². The molecule has 0 N–H and O–H groups in total. The second-order valence-electron chi connectivity index (χ2n) is 9.37. The second-order valence-corrected chi connectivity index (χ2v) is 10.7. The van der Waals surface area contributed by atoms with Gasteiger partial charge >= 0.3 is 5.97 Å². The lowest BCUT2D eigenvalue weighted by Crippen LogP contribution is -2.47. The molecule has 178 valence electrons. The normalized spacial score (nSPS) is 24.8. The Hall–Kier alpha value is -2.67.